The summed E-state index contributed by atoms with van der Waals surface area (Å²) in [7, 11) is 0. The highest BCUT2D eigenvalue weighted by molar-refractivity contribution is 8.13. The molecule has 1 rings (SSSR count). The summed E-state index contributed by atoms with van der Waals surface area (Å²) in [4.78, 5) is 12.7. The van der Waals surface area contributed by atoms with E-state index in [1.54, 1.807) is 0 Å². The molecule has 1 aromatic rings. The van der Waals surface area contributed by atoms with Gasteiger partial charge in [-0.15, -0.1) is 0 Å². The summed E-state index contributed by atoms with van der Waals surface area (Å²) < 4.78 is 0. The molecule has 0 atom stereocenters. The van der Waals surface area contributed by atoms with Gasteiger partial charge in [0.1, 0.15) is 0 Å². The lowest BCUT2D eigenvalue weighted by molar-refractivity contribution is -0.113. The van der Waals surface area contributed by atoms with Crippen molar-refractivity contribution in [2.45, 2.75) is 39.0 Å². The van der Waals surface area contributed by atoms with Crippen molar-refractivity contribution < 1.29 is 4.79 Å². The van der Waals surface area contributed by atoms with Crippen LogP contribution in [0, 0.1) is 11.8 Å². The maximum Gasteiger partial charge on any atom is 0.196 e. The molecule has 0 saturated heterocycles. The van der Waals surface area contributed by atoms with Crippen LogP contribution in [-0.2, 0) is 11.2 Å². The summed E-state index contributed by atoms with van der Waals surface area (Å²) in [6.07, 6.45) is 1.07. The summed E-state index contributed by atoms with van der Waals surface area (Å²) in [6.45, 7) is 8.29. The van der Waals surface area contributed by atoms with Gasteiger partial charge in [-0.2, -0.15) is 0 Å². The topological polar surface area (TPSA) is 17.1 Å². The molecule has 0 saturated carbocycles. The molecular weight excluding hydrogens is 216 g/mol. The highest BCUT2D eigenvalue weighted by Crippen LogP contribution is 2.23. The van der Waals surface area contributed by atoms with E-state index in [0.29, 0.717) is 5.92 Å². The molecule has 0 aliphatic heterocycles. The zero-order valence-electron chi connectivity index (χ0n) is 10.5. The molecule has 16 heavy (non-hydrogen) atoms. The van der Waals surface area contributed by atoms with Gasteiger partial charge in [-0.1, -0.05) is 51.6 Å². The number of carbonyl (C=O) groups is 1. The molecule has 0 aromatic heterocycles. The minimum atomic E-state index is 0.0961. The van der Waals surface area contributed by atoms with Crippen molar-refractivity contribution in [1.82, 2.24) is 0 Å². The highest BCUT2D eigenvalue weighted by Gasteiger charge is 2.09. The molecule has 1 nitrogen and oxygen atoms in total. The van der Waals surface area contributed by atoms with Gasteiger partial charge in [0.2, 0.25) is 0 Å². The van der Waals surface area contributed by atoms with Crippen LogP contribution in [0.3, 0.4) is 0 Å². The predicted molar refractivity (Wildman–Crippen MR) is 70.7 cm³/mol. The molecule has 0 aliphatic rings. The van der Waals surface area contributed by atoms with Crippen molar-refractivity contribution >= 4 is 16.9 Å². The second kappa shape index (κ2) is 6.09. The van der Waals surface area contributed by atoms with Crippen LogP contribution >= 0.6 is 11.8 Å². The first-order chi connectivity index (χ1) is 7.49. The van der Waals surface area contributed by atoms with Crippen LogP contribution in [0.25, 0.3) is 0 Å². The molecule has 0 unspecified atom stereocenters. The molecule has 0 N–H and O–H groups in total. The standard InChI is InChI=1S/C14H20OS/c1-10(2)8-12-6-5-7-13(9-12)16-14(15)11(3)4/h5-7,9-11H,8H2,1-4H3. The number of rotatable bonds is 4. The van der Waals surface area contributed by atoms with Gasteiger partial charge < -0.3 is 0 Å². The van der Waals surface area contributed by atoms with Crippen molar-refractivity contribution in [3.63, 3.8) is 0 Å². The Morgan fingerprint density at radius 3 is 2.50 bits per heavy atom. The summed E-state index contributed by atoms with van der Waals surface area (Å²) in [6, 6.07) is 8.30. The van der Waals surface area contributed by atoms with Crippen LogP contribution in [0.1, 0.15) is 33.3 Å². The SMILES string of the molecule is CC(C)Cc1cccc(SC(=O)C(C)C)c1. The number of hydrogen-bond donors (Lipinski definition) is 0. The summed E-state index contributed by atoms with van der Waals surface area (Å²) in [5.41, 5.74) is 1.32. The fourth-order valence-corrected chi connectivity index (χ4v) is 2.27. The molecule has 0 bridgehead atoms. The minimum absolute atomic E-state index is 0.0961. The second-order valence-corrected chi connectivity index (χ2v) is 5.90. The van der Waals surface area contributed by atoms with Gasteiger partial charge >= 0.3 is 0 Å². The van der Waals surface area contributed by atoms with Gasteiger partial charge in [-0.05, 0) is 30.0 Å². The smallest absolute Gasteiger partial charge is 0.196 e. The monoisotopic (exact) mass is 236 g/mol. The quantitative estimate of drug-likeness (QED) is 0.730. The van der Waals surface area contributed by atoms with E-state index in [4.69, 9.17) is 0 Å². The maximum atomic E-state index is 11.6. The van der Waals surface area contributed by atoms with E-state index < -0.39 is 0 Å². The lowest BCUT2D eigenvalue weighted by Gasteiger charge is -2.07. The van der Waals surface area contributed by atoms with Crippen LogP contribution in [0.5, 0.6) is 0 Å². The normalized spacial score (nSPS) is 11.1. The molecule has 0 fully saturated rings. The first-order valence-electron chi connectivity index (χ1n) is 5.79. The van der Waals surface area contributed by atoms with E-state index in [0.717, 1.165) is 11.3 Å². The van der Waals surface area contributed by atoms with E-state index in [-0.39, 0.29) is 11.0 Å². The van der Waals surface area contributed by atoms with Crippen LogP contribution in [0.15, 0.2) is 29.2 Å². The first kappa shape index (κ1) is 13.3. The minimum Gasteiger partial charge on any atom is -0.287 e. The van der Waals surface area contributed by atoms with E-state index in [2.05, 4.69) is 26.0 Å². The first-order valence-corrected chi connectivity index (χ1v) is 6.61. The largest absolute Gasteiger partial charge is 0.287 e. The third-order valence-electron chi connectivity index (χ3n) is 2.23. The van der Waals surface area contributed by atoms with Crippen LogP contribution in [0.2, 0.25) is 0 Å². The van der Waals surface area contributed by atoms with Crippen LogP contribution in [-0.4, -0.2) is 5.12 Å². The van der Waals surface area contributed by atoms with Crippen molar-refractivity contribution in [3.05, 3.63) is 29.8 Å². The molecular formula is C14H20OS. The van der Waals surface area contributed by atoms with Gasteiger partial charge in [0, 0.05) is 10.8 Å². The van der Waals surface area contributed by atoms with Gasteiger partial charge in [0.05, 0.1) is 0 Å². The van der Waals surface area contributed by atoms with Gasteiger partial charge in [-0.25, -0.2) is 0 Å². The van der Waals surface area contributed by atoms with E-state index in [1.165, 1.54) is 17.3 Å². The van der Waals surface area contributed by atoms with Crippen LogP contribution < -0.4 is 0 Å². The molecule has 0 spiro atoms. The Morgan fingerprint density at radius 2 is 1.94 bits per heavy atom. The fraction of sp³-hybridized carbons (Fsp3) is 0.500. The van der Waals surface area contributed by atoms with Crippen molar-refractivity contribution in [2.24, 2.45) is 11.8 Å². The van der Waals surface area contributed by atoms with E-state index in [9.17, 15) is 4.79 Å². The second-order valence-electron chi connectivity index (χ2n) is 4.82. The van der Waals surface area contributed by atoms with Crippen LogP contribution in [0.4, 0.5) is 0 Å². The zero-order valence-corrected chi connectivity index (χ0v) is 11.3. The van der Waals surface area contributed by atoms with Gasteiger partial charge in [0.25, 0.3) is 0 Å². The summed E-state index contributed by atoms with van der Waals surface area (Å²) >= 11 is 1.35. The van der Waals surface area contributed by atoms with Gasteiger partial charge in [0.15, 0.2) is 5.12 Å². The molecule has 0 heterocycles. The van der Waals surface area contributed by atoms with E-state index >= 15 is 0 Å². The zero-order chi connectivity index (χ0) is 12.1. The lowest BCUT2D eigenvalue weighted by Crippen LogP contribution is -2.01. The Kier molecular flexibility index (Phi) is 5.07. The molecule has 0 aliphatic carbocycles. The van der Waals surface area contributed by atoms with Crippen molar-refractivity contribution in [3.8, 4) is 0 Å². The molecule has 0 amide bonds. The summed E-state index contributed by atoms with van der Waals surface area (Å²) in [5.74, 6) is 0.750. The third-order valence-corrected chi connectivity index (χ3v) is 3.39. The maximum absolute atomic E-state index is 11.6. The third kappa shape index (κ3) is 4.40. The number of carbonyl (C=O) groups excluding carboxylic acids is 1. The number of benzene rings is 1. The molecule has 2 heteroatoms. The van der Waals surface area contributed by atoms with Gasteiger partial charge in [-0.3, -0.25) is 4.79 Å². The lowest BCUT2D eigenvalue weighted by atomic mass is 10.0. The highest BCUT2D eigenvalue weighted by atomic mass is 32.2. The number of thioether (sulfide) groups is 1. The summed E-state index contributed by atoms with van der Waals surface area (Å²) in [5, 5.41) is 0.238. The Morgan fingerprint density at radius 1 is 1.25 bits per heavy atom. The Hall–Kier alpha value is -0.760. The predicted octanol–water partition coefficient (Wildman–Crippen LogP) is 4.16. The molecule has 1 aromatic carbocycles. The molecule has 88 valence electrons. The fourth-order valence-electron chi connectivity index (χ4n) is 1.44. The van der Waals surface area contributed by atoms with E-state index in [1.807, 2.05) is 26.0 Å². The average Bonchev–Trinajstić information content (AvgIpc) is 2.16. The van der Waals surface area contributed by atoms with Crippen molar-refractivity contribution in [1.29, 1.82) is 0 Å². The molecule has 0 radical (unpaired) electrons. The Bertz CT molecular complexity index is 356. The Labute approximate surface area is 103 Å². The number of hydrogen-bond acceptors (Lipinski definition) is 2. The average molecular weight is 236 g/mol. The Balaban J connectivity index is 2.71. The van der Waals surface area contributed by atoms with Crippen molar-refractivity contribution in [2.75, 3.05) is 0 Å².